The average molecular weight is 419 g/mol. The van der Waals surface area contributed by atoms with Gasteiger partial charge in [-0.25, -0.2) is 9.38 Å². The van der Waals surface area contributed by atoms with Gasteiger partial charge in [-0.3, -0.25) is 4.90 Å². The molecule has 1 heterocycles. The van der Waals surface area contributed by atoms with Gasteiger partial charge in [0.05, 0.1) is 5.56 Å². The maximum atomic E-state index is 13.6. The number of aliphatic imine (C=N–C) groups is 2. The number of nitrogens with two attached hydrogens (primary N) is 2. The number of guanidine groups is 2. The number of hydrogen-bond acceptors (Lipinski definition) is 5. The van der Waals surface area contributed by atoms with E-state index in [1.54, 1.807) is 24.3 Å². The van der Waals surface area contributed by atoms with Crippen LogP contribution in [0.2, 0.25) is 0 Å². The van der Waals surface area contributed by atoms with E-state index >= 15 is 0 Å². The van der Waals surface area contributed by atoms with Gasteiger partial charge in [-0.1, -0.05) is 24.6 Å². The number of rotatable bonds is 2. The Bertz CT molecular complexity index is 1010. The van der Waals surface area contributed by atoms with Crippen molar-refractivity contribution in [2.75, 3.05) is 4.90 Å². The second kappa shape index (κ2) is 7.30. The van der Waals surface area contributed by atoms with Gasteiger partial charge in [0, 0.05) is 5.69 Å². The molecule has 0 saturated heterocycles. The Labute approximate surface area is 171 Å². The molecular formula is C21H21F4N5. The molecule has 2 aliphatic rings. The van der Waals surface area contributed by atoms with Crippen LogP contribution in [-0.4, -0.2) is 17.6 Å². The van der Waals surface area contributed by atoms with E-state index in [2.05, 4.69) is 9.98 Å². The first-order valence-corrected chi connectivity index (χ1v) is 9.67. The van der Waals surface area contributed by atoms with E-state index in [9.17, 15) is 17.6 Å². The first kappa shape index (κ1) is 20.2. The number of halogens is 4. The molecule has 5 nitrogen and oxygen atoms in total. The zero-order chi connectivity index (χ0) is 21.5. The van der Waals surface area contributed by atoms with E-state index in [-0.39, 0.29) is 17.5 Å². The molecule has 158 valence electrons. The fourth-order valence-electron chi connectivity index (χ4n) is 4.22. The molecular weight excluding hydrogens is 398 g/mol. The third-order valence-corrected chi connectivity index (χ3v) is 5.58. The lowest BCUT2D eigenvalue weighted by Gasteiger charge is -2.45. The predicted octanol–water partition coefficient (Wildman–Crippen LogP) is 4.62. The molecule has 9 heteroatoms. The number of hydrogen-bond donors (Lipinski definition) is 2. The normalized spacial score (nSPS) is 18.9. The second-order valence-corrected chi connectivity index (χ2v) is 7.56. The summed E-state index contributed by atoms with van der Waals surface area (Å²) in [5.74, 6) is -0.915. The standard InChI is InChI=1S/C21H21F4N5/c22-17-9-6-14(12-16(17)21(23,24)25)13-4-7-15(8-5-13)30-19(27)28-18(26)29-20(30)10-2-1-3-11-20/h4-9,12H,1-3,10-11H2,(H4,26,27,28,29). The van der Waals surface area contributed by atoms with Crippen molar-refractivity contribution in [1.82, 2.24) is 0 Å². The summed E-state index contributed by atoms with van der Waals surface area (Å²) in [6, 6.07) is 9.82. The molecule has 0 atom stereocenters. The number of alkyl halides is 3. The summed E-state index contributed by atoms with van der Waals surface area (Å²) in [6.45, 7) is 0. The fourth-order valence-corrected chi connectivity index (χ4v) is 4.22. The summed E-state index contributed by atoms with van der Waals surface area (Å²) in [5, 5.41) is 0. The minimum Gasteiger partial charge on any atom is -0.369 e. The number of benzene rings is 2. The zero-order valence-electron chi connectivity index (χ0n) is 16.1. The van der Waals surface area contributed by atoms with Crippen molar-refractivity contribution in [3.63, 3.8) is 0 Å². The molecule has 2 aromatic rings. The number of nitrogens with zero attached hydrogens (tertiary/aromatic N) is 3. The van der Waals surface area contributed by atoms with E-state index in [0.717, 1.165) is 49.9 Å². The molecule has 1 aliphatic heterocycles. The second-order valence-electron chi connectivity index (χ2n) is 7.56. The predicted molar refractivity (Wildman–Crippen MR) is 108 cm³/mol. The van der Waals surface area contributed by atoms with Crippen LogP contribution >= 0.6 is 0 Å². The maximum Gasteiger partial charge on any atom is 0.419 e. The van der Waals surface area contributed by atoms with Gasteiger partial charge in [0.2, 0.25) is 11.9 Å². The molecule has 4 rings (SSSR count). The third-order valence-electron chi connectivity index (χ3n) is 5.58. The van der Waals surface area contributed by atoms with Gasteiger partial charge in [-0.05, 0) is 61.1 Å². The van der Waals surface area contributed by atoms with E-state index < -0.39 is 23.2 Å². The van der Waals surface area contributed by atoms with Gasteiger partial charge >= 0.3 is 6.18 Å². The molecule has 0 bridgehead atoms. The van der Waals surface area contributed by atoms with Crippen LogP contribution in [0.3, 0.4) is 0 Å². The van der Waals surface area contributed by atoms with Gasteiger partial charge in [-0.2, -0.15) is 18.2 Å². The summed E-state index contributed by atoms with van der Waals surface area (Å²) in [5.41, 5.74) is 11.7. The lowest BCUT2D eigenvalue weighted by molar-refractivity contribution is -0.139. The molecule has 2 aromatic carbocycles. The Kier molecular flexibility index (Phi) is 4.91. The maximum absolute atomic E-state index is 13.6. The summed E-state index contributed by atoms with van der Waals surface area (Å²) in [7, 11) is 0. The summed E-state index contributed by atoms with van der Waals surface area (Å²) in [4.78, 5) is 10.5. The van der Waals surface area contributed by atoms with Gasteiger partial charge in [0.25, 0.3) is 0 Å². The van der Waals surface area contributed by atoms with Crippen molar-refractivity contribution in [2.45, 2.75) is 43.9 Å². The first-order valence-electron chi connectivity index (χ1n) is 9.67. The monoisotopic (exact) mass is 419 g/mol. The lowest BCUT2D eigenvalue weighted by Crippen LogP contribution is -2.58. The summed E-state index contributed by atoms with van der Waals surface area (Å²) < 4.78 is 52.7. The highest BCUT2D eigenvalue weighted by atomic mass is 19.4. The zero-order valence-corrected chi connectivity index (χ0v) is 16.1. The van der Waals surface area contributed by atoms with E-state index in [1.807, 2.05) is 4.90 Å². The Hall–Kier alpha value is -3.10. The molecule has 0 aromatic heterocycles. The SMILES string of the molecule is NC1=NC2(CCCCC2)N(c2ccc(-c3ccc(F)c(C(F)(F)F)c3)cc2)C(N)=N1. The highest BCUT2D eigenvalue weighted by Gasteiger charge is 2.42. The Morgan fingerprint density at radius 2 is 1.53 bits per heavy atom. The molecule has 1 saturated carbocycles. The summed E-state index contributed by atoms with van der Waals surface area (Å²) >= 11 is 0. The van der Waals surface area contributed by atoms with Crippen molar-refractivity contribution in [2.24, 2.45) is 21.5 Å². The molecule has 0 amide bonds. The van der Waals surface area contributed by atoms with Crippen LogP contribution in [0.1, 0.15) is 37.7 Å². The molecule has 1 spiro atoms. The quantitative estimate of drug-likeness (QED) is 0.697. The molecule has 1 aliphatic carbocycles. The van der Waals surface area contributed by atoms with Gasteiger partial charge in [0.1, 0.15) is 11.5 Å². The largest absolute Gasteiger partial charge is 0.419 e. The smallest absolute Gasteiger partial charge is 0.369 e. The van der Waals surface area contributed by atoms with Gasteiger partial charge < -0.3 is 11.5 Å². The molecule has 30 heavy (non-hydrogen) atoms. The molecule has 1 fully saturated rings. The lowest BCUT2D eigenvalue weighted by atomic mass is 9.87. The average Bonchev–Trinajstić information content (AvgIpc) is 2.68. The first-order chi connectivity index (χ1) is 14.2. The van der Waals surface area contributed by atoms with Crippen LogP contribution in [0.4, 0.5) is 23.2 Å². The molecule has 4 N–H and O–H groups in total. The van der Waals surface area contributed by atoms with E-state index in [0.29, 0.717) is 5.56 Å². The van der Waals surface area contributed by atoms with Crippen molar-refractivity contribution >= 4 is 17.6 Å². The molecule has 0 unspecified atom stereocenters. The van der Waals surface area contributed by atoms with Crippen molar-refractivity contribution in [3.8, 4) is 11.1 Å². The van der Waals surface area contributed by atoms with E-state index in [4.69, 9.17) is 11.5 Å². The van der Waals surface area contributed by atoms with Crippen molar-refractivity contribution < 1.29 is 17.6 Å². The fraction of sp³-hybridized carbons (Fsp3) is 0.333. The highest BCUT2D eigenvalue weighted by molar-refractivity contribution is 6.05. The minimum atomic E-state index is -4.76. The topological polar surface area (TPSA) is 80.0 Å². The Morgan fingerprint density at radius 3 is 2.17 bits per heavy atom. The Balaban J connectivity index is 1.69. The highest BCUT2D eigenvalue weighted by Crippen LogP contribution is 2.40. The third kappa shape index (κ3) is 3.59. The van der Waals surface area contributed by atoms with Crippen LogP contribution in [-0.2, 0) is 6.18 Å². The van der Waals surface area contributed by atoms with Crippen molar-refractivity contribution in [1.29, 1.82) is 0 Å². The molecule has 0 radical (unpaired) electrons. The van der Waals surface area contributed by atoms with Gasteiger partial charge in [-0.15, -0.1) is 0 Å². The van der Waals surface area contributed by atoms with E-state index in [1.165, 1.54) is 6.07 Å². The van der Waals surface area contributed by atoms with Gasteiger partial charge in [0.15, 0.2) is 0 Å². The summed E-state index contributed by atoms with van der Waals surface area (Å²) in [6.07, 6.45) is -0.142. The Morgan fingerprint density at radius 1 is 0.900 bits per heavy atom. The van der Waals surface area contributed by atoms with Crippen LogP contribution < -0.4 is 16.4 Å². The van der Waals surface area contributed by atoms with Crippen LogP contribution in [0.15, 0.2) is 52.4 Å². The van der Waals surface area contributed by atoms with Crippen LogP contribution in [0.25, 0.3) is 11.1 Å². The van der Waals surface area contributed by atoms with Crippen LogP contribution in [0.5, 0.6) is 0 Å². The minimum absolute atomic E-state index is 0.147. The van der Waals surface area contributed by atoms with Crippen LogP contribution in [0, 0.1) is 5.82 Å². The van der Waals surface area contributed by atoms with Crippen molar-refractivity contribution in [3.05, 3.63) is 53.8 Å². The number of anilines is 1.